The van der Waals surface area contributed by atoms with Crippen molar-refractivity contribution in [1.29, 1.82) is 0 Å². The number of halogens is 1. The molecule has 1 aromatic carbocycles. The van der Waals surface area contributed by atoms with Crippen LogP contribution in [0, 0.1) is 5.82 Å². The zero-order chi connectivity index (χ0) is 11.3. The SMILES string of the molecule is C=CCCC(=O)c1cc(F)ccc1OC. The second kappa shape index (κ2) is 5.29. The van der Waals surface area contributed by atoms with Gasteiger partial charge in [-0.1, -0.05) is 6.08 Å². The molecule has 2 nitrogen and oxygen atoms in total. The van der Waals surface area contributed by atoms with Crippen molar-refractivity contribution in [3.63, 3.8) is 0 Å². The number of benzene rings is 1. The lowest BCUT2D eigenvalue weighted by atomic mass is 10.1. The highest BCUT2D eigenvalue weighted by Crippen LogP contribution is 2.21. The number of ketones is 1. The molecule has 80 valence electrons. The van der Waals surface area contributed by atoms with E-state index in [0.717, 1.165) is 0 Å². The van der Waals surface area contributed by atoms with Crippen LogP contribution >= 0.6 is 0 Å². The summed E-state index contributed by atoms with van der Waals surface area (Å²) in [7, 11) is 1.46. The molecule has 15 heavy (non-hydrogen) atoms. The topological polar surface area (TPSA) is 26.3 Å². The normalized spacial score (nSPS) is 9.73. The Kier molecular flexibility index (Phi) is 4.03. The molecule has 3 heteroatoms. The van der Waals surface area contributed by atoms with Crippen molar-refractivity contribution in [2.75, 3.05) is 7.11 Å². The summed E-state index contributed by atoms with van der Waals surface area (Å²) in [6.45, 7) is 3.53. The number of carbonyl (C=O) groups excluding carboxylic acids is 1. The van der Waals surface area contributed by atoms with E-state index >= 15 is 0 Å². The predicted molar refractivity (Wildman–Crippen MR) is 56.7 cm³/mol. The van der Waals surface area contributed by atoms with Gasteiger partial charge < -0.3 is 4.74 Å². The van der Waals surface area contributed by atoms with E-state index in [1.165, 1.54) is 25.3 Å². The molecule has 0 aliphatic rings. The van der Waals surface area contributed by atoms with E-state index in [-0.39, 0.29) is 5.78 Å². The Morgan fingerprint density at radius 1 is 1.60 bits per heavy atom. The molecule has 0 bridgehead atoms. The second-order valence-corrected chi connectivity index (χ2v) is 3.10. The zero-order valence-electron chi connectivity index (χ0n) is 8.63. The summed E-state index contributed by atoms with van der Waals surface area (Å²) in [5, 5.41) is 0. The quantitative estimate of drug-likeness (QED) is 0.549. The lowest BCUT2D eigenvalue weighted by Gasteiger charge is -2.06. The first kappa shape index (κ1) is 11.4. The molecule has 0 aliphatic carbocycles. The molecule has 0 heterocycles. The van der Waals surface area contributed by atoms with E-state index in [2.05, 4.69) is 6.58 Å². The summed E-state index contributed by atoms with van der Waals surface area (Å²) < 4.78 is 17.9. The third kappa shape index (κ3) is 2.91. The van der Waals surface area contributed by atoms with Crippen LogP contribution in [0.25, 0.3) is 0 Å². The van der Waals surface area contributed by atoms with Crippen molar-refractivity contribution in [2.45, 2.75) is 12.8 Å². The van der Waals surface area contributed by atoms with Gasteiger partial charge in [0.25, 0.3) is 0 Å². The van der Waals surface area contributed by atoms with Gasteiger partial charge in [0.05, 0.1) is 12.7 Å². The predicted octanol–water partition coefficient (Wildman–Crippen LogP) is 2.98. The average molecular weight is 208 g/mol. The summed E-state index contributed by atoms with van der Waals surface area (Å²) in [6.07, 6.45) is 2.56. The molecule has 0 unspecified atom stereocenters. The Balaban J connectivity index is 2.94. The number of hydrogen-bond donors (Lipinski definition) is 0. The summed E-state index contributed by atoms with van der Waals surface area (Å²) >= 11 is 0. The second-order valence-electron chi connectivity index (χ2n) is 3.10. The highest BCUT2D eigenvalue weighted by atomic mass is 19.1. The Morgan fingerprint density at radius 3 is 2.93 bits per heavy atom. The smallest absolute Gasteiger partial charge is 0.167 e. The van der Waals surface area contributed by atoms with E-state index in [0.29, 0.717) is 24.2 Å². The van der Waals surface area contributed by atoms with Crippen LogP contribution in [0.1, 0.15) is 23.2 Å². The molecular weight excluding hydrogens is 195 g/mol. The van der Waals surface area contributed by atoms with Crippen molar-refractivity contribution >= 4 is 5.78 Å². The highest BCUT2D eigenvalue weighted by Gasteiger charge is 2.12. The first-order chi connectivity index (χ1) is 7.19. The maximum absolute atomic E-state index is 12.9. The van der Waals surface area contributed by atoms with Crippen molar-refractivity contribution < 1.29 is 13.9 Å². The molecule has 1 aromatic rings. The summed E-state index contributed by atoms with van der Waals surface area (Å²) in [5.74, 6) is -0.158. The van der Waals surface area contributed by atoms with Gasteiger partial charge in [-0.3, -0.25) is 4.79 Å². The molecule has 0 fully saturated rings. The minimum absolute atomic E-state index is 0.133. The van der Waals surface area contributed by atoms with Crippen LogP contribution < -0.4 is 4.74 Å². The molecule has 0 radical (unpaired) electrons. The van der Waals surface area contributed by atoms with Crippen LogP contribution in [-0.4, -0.2) is 12.9 Å². The Labute approximate surface area is 88.4 Å². The fourth-order valence-corrected chi connectivity index (χ4v) is 1.27. The number of allylic oxidation sites excluding steroid dienone is 1. The van der Waals surface area contributed by atoms with Crippen molar-refractivity contribution in [3.05, 3.63) is 42.2 Å². The average Bonchev–Trinajstić information content (AvgIpc) is 2.25. The minimum atomic E-state index is -0.433. The van der Waals surface area contributed by atoms with Crippen LogP contribution in [0.4, 0.5) is 4.39 Å². The van der Waals surface area contributed by atoms with Crippen LogP contribution in [0.5, 0.6) is 5.75 Å². The van der Waals surface area contributed by atoms with Crippen LogP contribution in [-0.2, 0) is 0 Å². The van der Waals surface area contributed by atoms with Crippen molar-refractivity contribution in [1.82, 2.24) is 0 Å². The Morgan fingerprint density at radius 2 is 2.33 bits per heavy atom. The molecule has 0 N–H and O–H groups in total. The lowest BCUT2D eigenvalue weighted by molar-refractivity contribution is 0.0980. The molecule has 1 rings (SSSR count). The summed E-state index contributed by atoms with van der Waals surface area (Å²) in [6, 6.07) is 3.92. The van der Waals surface area contributed by atoms with Crippen molar-refractivity contribution in [3.8, 4) is 5.75 Å². The van der Waals surface area contributed by atoms with Crippen LogP contribution in [0.3, 0.4) is 0 Å². The largest absolute Gasteiger partial charge is 0.496 e. The third-order valence-corrected chi connectivity index (χ3v) is 2.04. The monoisotopic (exact) mass is 208 g/mol. The Hall–Kier alpha value is -1.64. The van der Waals surface area contributed by atoms with Gasteiger partial charge in [-0.25, -0.2) is 4.39 Å². The number of methoxy groups -OCH3 is 1. The van der Waals surface area contributed by atoms with Gasteiger partial charge in [-0.15, -0.1) is 6.58 Å². The van der Waals surface area contributed by atoms with Gasteiger partial charge in [0.1, 0.15) is 11.6 Å². The molecule has 0 amide bonds. The Bertz CT molecular complexity index is 372. The first-order valence-corrected chi connectivity index (χ1v) is 4.66. The number of carbonyl (C=O) groups is 1. The van der Waals surface area contributed by atoms with E-state index in [4.69, 9.17) is 4.74 Å². The standard InChI is InChI=1S/C12H13FO2/c1-3-4-5-11(14)10-8-9(13)6-7-12(10)15-2/h3,6-8H,1,4-5H2,2H3. The molecule has 0 atom stereocenters. The maximum Gasteiger partial charge on any atom is 0.167 e. The third-order valence-electron chi connectivity index (χ3n) is 2.04. The fourth-order valence-electron chi connectivity index (χ4n) is 1.27. The minimum Gasteiger partial charge on any atom is -0.496 e. The number of hydrogen-bond acceptors (Lipinski definition) is 2. The van der Waals surface area contributed by atoms with Crippen LogP contribution in [0.15, 0.2) is 30.9 Å². The van der Waals surface area contributed by atoms with E-state index in [1.54, 1.807) is 6.08 Å². The van der Waals surface area contributed by atoms with Gasteiger partial charge in [0, 0.05) is 6.42 Å². The zero-order valence-corrected chi connectivity index (χ0v) is 8.63. The van der Waals surface area contributed by atoms with Crippen molar-refractivity contribution in [2.24, 2.45) is 0 Å². The first-order valence-electron chi connectivity index (χ1n) is 4.66. The number of rotatable bonds is 5. The molecule has 0 aromatic heterocycles. The van der Waals surface area contributed by atoms with Gasteiger partial charge in [0.2, 0.25) is 0 Å². The summed E-state index contributed by atoms with van der Waals surface area (Å²) in [4.78, 5) is 11.6. The molecule has 0 saturated carbocycles. The van der Waals surface area contributed by atoms with Gasteiger partial charge >= 0.3 is 0 Å². The summed E-state index contributed by atoms with van der Waals surface area (Å²) in [5.41, 5.74) is 0.291. The van der Waals surface area contributed by atoms with E-state index in [1.807, 2.05) is 0 Å². The highest BCUT2D eigenvalue weighted by molar-refractivity contribution is 5.98. The van der Waals surface area contributed by atoms with E-state index < -0.39 is 5.82 Å². The van der Waals surface area contributed by atoms with Gasteiger partial charge in [-0.05, 0) is 24.6 Å². The van der Waals surface area contributed by atoms with Crippen LogP contribution in [0.2, 0.25) is 0 Å². The van der Waals surface area contributed by atoms with E-state index in [9.17, 15) is 9.18 Å². The molecule has 0 saturated heterocycles. The number of ether oxygens (including phenoxy) is 1. The fraction of sp³-hybridized carbons (Fsp3) is 0.250. The van der Waals surface area contributed by atoms with Gasteiger partial charge in [-0.2, -0.15) is 0 Å². The maximum atomic E-state index is 12.9. The molecule has 0 aliphatic heterocycles. The lowest BCUT2D eigenvalue weighted by Crippen LogP contribution is -2.02. The number of Topliss-reactive ketones (excluding diaryl/α,β-unsaturated/α-hetero) is 1. The molecular formula is C12H13FO2. The van der Waals surface area contributed by atoms with Gasteiger partial charge in [0.15, 0.2) is 5.78 Å². The molecule has 0 spiro atoms.